The highest BCUT2D eigenvalue weighted by atomic mass is 35.5. The number of alkyl halides is 1. The van der Waals surface area contributed by atoms with Gasteiger partial charge in [-0.05, 0) is 32.1 Å². The molecule has 0 aliphatic heterocycles. The molecule has 194 valence electrons. The van der Waals surface area contributed by atoms with Crippen molar-refractivity contribution in [3.63, 3.8) is 0 Å². The van der Waals surface area contributed by atoms with E-state index in [0.29, 0.717) is 0 Å². The molecular formula is C28H57ClO3. The van der Waals surface area contributed by atoms with E-state index in [1.165, 1.54) is 89.9 Å². The van der Waals surface area contributed by atoms with Gasteiger partial charge in [0.05, 0.1) is 19.8 Å². The molecule has 0 heterocycles. The highest BCUT2D eigenvalue weighted by Crippen LogP contribution is 2.26. The fourth-order valence-corrected chi connectivity index (χ4v) is 4.12. The lowest BCUT2D eigenvalue weighted by molar-refractivity contribution is -0.384. The highest BCUT2D eigenvalue weighted by Gasteiger charge is 2.33. The van der Waals surface area contributed by atoms with Crippen molar-refractivity contribution >= 4 is 11.6 Å². The van der Waals surface area contributed by atoms with Crippen LogP contribution in [0.4, 0.5) is 0 Å². The van der Waals surface area contributed by atoms with Crippen LogP contribution < -0.4 is 0 Å². The van der Waals surface area contributed by atoms with Gasteiger partial charge in [0.2, 0.25) is 0 Å². The van der Waals surface area contributed by atoms with Crippen LogP contribution in [0.25, 0.3) is 0 Å². The molecule has 3 nitrogen and oxygen atoms in total. The summed E-state index contributed by atoms with van der Waals surface area (Å²) >= 11 is 5.78. The standard InChI is InChI=1S/C28H57ClO3/c1-4-7-10-20-25-30-28(31-26-21-11-8-5-2,32-27-22-12-9-6-3)23-18-16-14-13-15-17-19-24-29/h4-27H2,1-3H3. The first-order chi connectivity index (χ1) is 15.7. The molecule has 0 unspecified atom stereocenters. The van der Waals surface area contributed by atoms with Gasteiger partial charge in [-0.1, -0.05) is 111 Å². The van der Waals surface area contributed by atoms with E-state index >= 15 is 0 Å². The Labute approximate surface area is 206 Å². The summed E-state index contributed by atoms with van der Waals surface area (Å²) < 4.78 is 19.2. The molecule has 0 atom stereocenters. The highest BCUT2D eigenvalue weighted by molar-refractivity contribution is 6.17. The average Bonchev–Trinajstić information content (AvgIpc) is 2.80. The van der Waals surface area contributed by atoms with Gasteiger partial charge >= 0.3 is 0 Å². The predicted molar refractivity (Wildman–Crippen MR) is 141 cm³/mol. The summed E-state index contributed by atoms with van der Waals surface area (Å²) in [6, 6.07) is 0. The molecule has 0 radical (unpaired) electrons. The quantitative estimate of drug-likeness (QED) is 0.0670. The number of unbranched alkanes of at least 4 members (excludes halogenated alkanes) is 15. The molecule has 0 aromatic carbocycles. The Kier molecular flexibility index (Phi) is 25.9. The summed E-state index contributed by atoms with van der Waals surface area (Å²) in [4.78, 5) is 0. The summed E-state index contributed by atoms with van der Waals surface area (Å²) in [5.74, 6) is -0.0351. The van der Waals surface area contributed by atoms with Gasteiger partial charge in [-0.2, -0.15) is 0 Å². The van der Waals surface area contributed by atoms with Crippen LogP contribution in [0.2, 0.25) is 0 Å². The van der Waals surface area contributed by atoms with E-state index < -0.39 is 5.97 Å². The van der Waals surface area contributed by atoms with Crippen molar-refractivity contribution in [3.8, 4) is 0 Å². The Hall–Kier alpha value is 0.170. The predicted octanol–water partition coefficient (Wildman–Crippen LogP) is 9.79. The Morgan fingerprint density at radius 1 is 0.438 bits per heavy atom. The maximum absolute atomic E-state index is 6.39. The fraction of sp³-hybridized carbons (Fsp3) is 1.00. The van der Waals surface area contributed by atoms with Crippen LogP contribution in [0.5, 0.6) is 0 Å². The van der Waals surface area contributed by atoms with Crippen LogP contribution >= 0.6 is 11.6 Å². The summed E-state index contributed by atoms with van der Waals surface area (Å²) in [6.07, 6.45) is 24.0. The molecule has 32 heavy (non-hydrogen) atoms. The van der Waals surface area contributed by atoms with Crippen molar-refractivity contribution in [1.82, 2.24) is 0 Å². The zero-order valence-electron chi connectivity index (χ0n) is 22.1. The van der Waals surface area contributed by atoms with E-state index in [9.17, 15) is 0 Å². The lowest BCUT2D eigenvalue weighted by Gasteiger charge is -2.34. The van der Waals surface area contributed by atoms with Crippen LogP contribution in [-0.2, 0) is 14.2 Å². The number of hydrogen-bond donors (Lipinski definition) is 0. The van der Waals surface area contributed by atoms with E-state index in [1.54, 1.807) is 0 Å². The molecule has 4 heteroatoms. The van der Waals surface area contributed by atoms with Crippen LogP contribution in [0.1, 0.15) is 149 Å². The smallest absolute Gasteiger partial charge is 0.282 e. The minimum absolute atomic E-state index is 0.738. The van der Waals surface area contributed by atoms with E-state index in [2.05, 4.69) is 20.8 Å². The number of halogens is 1. The summed E-state index contributed by atoms with van der Waals surface area (Å²) in [5, 5.41) is 0. The summed E-state index contributed by atoms with van der Waals surface area (Å²) in [7, 11) is 0. The Morgan fingerprint density at radius 2 is 0.781 bits per heavy atom. The van der Waals surface area contributed by atoms with Crippen molar-refractivity contribution in [2.24, 2.45) is 0 Å². The number of rotatable bonds is 27. The molecule has 0 saturated carbocycles. The van der Waals surface area contributed by atoms with E-state index in [1.807, 2.05) is 0 Å². The van der Waals surface area contributed by atoms with Crippen molar-refractivity contribution in [2.45, 2.75) is 155 Å². The third-order valence-corrected chi connectivity index (χ3v) is 6.34. The molecule has 0 aliphatic rings. The van der Waals surface area contributed by atoms with Crippen molar-refractivity contribution in [1.29, 1.82) is 0 Å². The lowest BCUT2D eigenvalue weighted by atomic mass is 10.1. The number of ether oxygens (including phenoxy) is 3. The number of hydrogen-bond acceptors (Lipinski definition) is 3. The molecule has 0 rings (SSSR count). The Balaban J connectivity index is 4.66. The van der Waals surface area contributed by atoms with Gasteiger partial charge in [-0.3, -0.25) is 0 Å². The van der Waals surface area contributed by atoms with Crippen molar-refractivity contribution in [3.05, 3.63) is 0 Å². The monoisotopic (exact) mass is 476 g/mol. The summed E-state index contributed by atoms with van der Waals surface area (Å²) in [5.41, 5.74) is 0. The van der Waals surface area contributed by atoms with Gasteiger partial charge in [0.25, 0.3) is 5.97 Å². The molecule has 0 aromatic rings. The van der Waals surface area contributed by atoms with Crippen LogP contribution in [0.15, 0.2) is 0 Å². The molecule has 0 spiro atoms. The van der Waals surface area contributed by atoms with E-state index in [-0.39, 0.29) is 0 Å². The minimum Gasteiger partial charge on any atom is -0.327 e. The van der Waals surface area contributed by atoms with Crippen LogP contribution in [0, 0.1) is 0 Å². The first kappa shape index (κ1) is 32.2. The largest absolute Gasteiger partial charge is 0.327 e. The van der Waals surface area contributed by atoms with Gasteiger partial charge in [0.1, 0.15) is 0 Å². The van der Waals surface area contributed by atoms with Crippen molar-refractivity contribution in [2.75, 3.05) is 25.7 Å². The van der Waals surface area contributed by atoms with Gasteiger partial charge in [0, 0.05) is 12.3 Å². The zero-order valence-corrected chi connectivity index (χ0v) is 22.8. The van der Waals surface area contributed by atoms with Crippen molar-refractivity contribution < 1.29 is 14.2 Å². The molecule has 0 aromatic heterocycles. The molecule has 0 N–H and O–H groups in total. The van der Waals surface area contributed by atoms with E-state index in [4.69, 9.17) is 25.8 Å². The second-order valence-corrected chi connectivity index (χ2v) is 9.70. The van der Waals surface area contributed by atoms with Gasteiger partial charge in [-0.25, -0.2) is 0 Å². The maximum Gasteiger partial charge on any atom is 0.282 e. The first-order valence-corrected chi connectivity index (χ1v) is 14.8. The summed E-state index contributed by atoms with van der Waals surface area (Å²) in [6.45, 7) is 8.96. The average molecular weight is 477 g/mol. The SMILES string of the molecule is CCCCCCOC(CCCCCCCCCCl)(OCCCCCC)OCCCCCC. The molecule has 0 aliphatic carbocycles. The second kappa shape index (κ2) is 25.8. The Bertz CT molecular complexity index is 316. The first-order valence-electron chi connectivity index (χ1n) is 14.2. The normalized spacial score (nSPS) is 12.0. The van der Waals surface area contributed by atoms with Gasteiger partial charge < -0.3 is 14.2 Å². The third kappa shape index (κ3) is 20.8. The van der Waals surface area contributed by atoms with Gasteiger partial charge in [0.15, 0.2) is 0 Å². The van der Waals surface area contributed by atoms with Crippen LogP contribution in [-0.4, -0.2) is 31.7 Å². The third-order valence-electron chi connectivity index (χ3n) is 6.08. The minimum atomic E-state index is -0.830. The van der Waals surface area contributed by atoms with E-state index in [0.717, 1.165) is 64.2 Å². The molecule has 0 fully saturated rings. The Morgan fingerprint density at radius 3 is 1.16 bits per heavy atom. The molecule has 0 bridgehead atoms. The topological polar surface area (TPSA) is 27.7 Å². The van der Waals surface area contributed by atoms with Gasteiger partial charge in [-0.15, -0.1) is 11.6 Å². The maximum atomic E-state index is 6.39. The fourth-order valence-electron chi connectivity index (χ4n) is 3.93. The van der Waals surface area contributed by atoms with Crippen LogP contribution in [0.3, 0.4) is 0 Å². The zero-order chi connectivity index (χ0) is 23.6. The second-order valence-electron chi connectivity index (χ2n) is 9.32. The lowest BCUT2D eigenvalue weighted by Crippen LogP contribution is -2.40. The molecule has 0 amide bonds. The molecule has 0 saturated heterocycles. The molecular weight excluding hydrogens is 420 g/mol.